The van der Waals surface area contributed by atoms with E-state index < -0.39 is 16.1 Å². The van der Waals surface area contributed by atoms with Gasteiger partial charge in [-0.2, -0.15) is 0 Å². The smallest absolute Gasteiger partial charge is 0.265 e. The fraction of sp³-hybridized carbons (Fsp3) is 0.0909. The quantitative estimate of drug-likeness (QED) is 0.429. The van der Waals surface area contributed by atoms with Crippen molar-refractivity contribution in [2.24, 2.45) is 0 Å². The number of carbonyl (C=O) groups excluding carboxylic acids is 1. The number of rotatable bonds is 7. The molecule has 1 aromatic heterocycles. The lowest BCUT2D eigenvalue weighted by Crippen LogP contribution is -2.30. The fourth-order valence-electron chi connectivity index (χ4n) is 2.82. The summed E-state index contributed by atoms with van der Waals surface area (Å²) >= 11 is 1.19. The van der Waals surface area contributed by atoms with Crippen LogP contribution in [0.3, 0.4) is 0 Å². The molecule has 0 bridgehead atoms. The Labute approximate surface area is 183 Å². The van der Waals surface area contributed by atoms with Gasteiger partial charge >= 0.3 is 0 Å². The average molecular weight is 454 g/mol. The Kier molecular flexibility index (Phi) is 5.88. The van der Waals surface area contributed by atoms with Crippen molar-refractivity contribution in [3.63, 3.8) is 0 Å². The molecule has 0 spiro atoms. The maximum absolute atomic E-state index is 12.5. The van der Waals surface area contributed by atoms with Crippen LogP contribution >= 0.6 is 11.3 Å². The zero-order chi connectivity index (χ0) is 21.8. The van der Waals surface area contributed by atoms with Crippen LogP contribution in [0, 0.1) is 0 Å². The number of amides is 1. The summed E-state index contributed by atoms with van der Waals surface area (Å²) in [5, 5.41) is 3.07. The van der Waals surface area contributed by atoms with Gasteiger partial charge < -0.3 is 10.1 Å². The van der Waals surface area contributed by atoms with Crippen LogP contribution in [0.4, 0.5) is 10.8 Å². The zero-order valence-corrected chi connectivity index (χ0v) is 18.1. The number of nitrogens with one attached hydrogen (secondary N) is 2. The van der Waals surface area contributed by atoms with Gasteiger partial charge in [-0.1, -0.05) is 47.7 Å². The predicted octanol–water partition coefficient (Wildman–Crippen LogP) is 4.50. The van der Waals surface area contributed by atoms with Crippen molar-refractivity contribution in [1.82, 2.24) is 4.98 Å². The van der Waals surface area contributed by atoms with E-state index in [2.05, 4.69) is 15.0 Å². The highest BCUT2D eigenvalue weighted by Crippen LogP contribution is 2.30. The van der Waals surface area contributed by atoms with Gasteiger partial charge in [-0.05, 0) is 49.4 Å². The van der Waals surface area contributed by atoms with Gasteiger partial charge in [0.1, 0.15) is 5.75 Å². The molecule has 158 valence electrons. The molecule has 0 aliphatic rings. The van der Waals surface area contributed by atoms with Crippen LogP contribution in [-0.4, -0.2) is 25.4 Å². The van der Waals surface area contributed by atoms with Gasteiger partial charge in [0.15, 0.2) is 11.2 Å². The molecule has 1 heterocycles. The van der Waals surface area contributed by atoms with Crippen molar-refractivity contribution in [2.75, 3.05) is 10.0 Å². The summed E-state index contributed by atoms with van der Waals surface area (Å²) in [6, 6.07) is 22.4. The van der Waals surface area contributed by atoms with Gasteiger partial charge in [-0.3, -0.25) is 9.52 Å². The van der Waals surface area contributed by atoms with Gasteiger partial charge in [0.2, 0.25) is 0 Å². The first-order chi connectivity index (χ1) is 14.9. The first kappa shape index (κ1) is 20.8. The van der Waals surface area contributed by atoms with Crippen LogP contribution in [0.1, 0.15) is 6.92 Å². The van der Waals surface area contributed by atoms with Crippen LogP contribution in [-0.2, 0) is 14.8 Å². The van der Waals surface area contributed by atoms with E-state index in [-0.39, 0.29) is 15.9 Å². The minimum absolute atomic E-state index is 0.162. The molecule has 3 aromatic carbocycles. The first-order valence-electron chi connectivity index (χ1n) is 9.42. The lowest BCUT2D eigenvalue weighted by molar-refractivity contribution is -0.122. The molecule has 4 rings (SSSR count). The molecular formula is C22H19N3O4S2. The Bertz CT molecular complexity index is 1310. The molecule has 0 saturated heterocycles. The second-order valence-corrected chi connectivity index (χ2v) is 9.40. The Balaban J connectivity index is 1.47. The third kappa shape index (κ3) is 5.01. The third-order valence-corrected chi connectivity index (χ3v) is 6.77. The zero-order valence-electron chi connectivity index (χ0n) is 16.5. The van der Waals surface area contributed by atoms with E-state index in [4.69, 9.17) is 4.74 Å². The number of ether oxygens (including phenoxy) is 1. The van der Waals surface area contributed by atoms with E-state index >= 15 is 0 Å². The molecule has 2 N–H and O–H groups in total. The second kappa shape index (κ2) is 8.75. The summed E-state index contributed by atoms with van der Waals surface area (Å²) in [6.45, 7) is 1.67. The number of sulfonamides is 1. The summed E-state index contributed by atoms with van der Waals surface area (Å²) in [5.74, 6) is 0.316. The van der Waals surface area contributed by atoms with Crippen molar-refractivity contribution >= 4 is 48.3 Å². The van der Waals surface area contributed by atoms with E-state index in [0.717, 1.165) is 4.70 Å². The van der Waals surface area contributed by atoms with Crippen LogP contribution in [0.25, 0.3) is 10.2 Å². The summed E-state index contributed by atoms with van der Waals surface area (Å²) in [5.41, 5.74) is 1.20. The van der Waals surface area contributed by atoms with Crippen molar-refractivity contribution in [3.8, 4) is 5.75 Å². The molecule has 1 unspecified atom stereocenters. The van der Waals surface area contributed by atoms with E-state index in [1.54, 1.807) is 55.5 Å². The van der Waals surface area contributed by atoms with Crippen molar-refractivity contribution < 1.29 is 17.9 Å². The van der Waals surface area contributed by atoms with Crippen molar-refractivity contribution in [3.05, 3.63) is 78.9 Å². The number of anilines is 2. The standard InChI is InChI=1S/C22H19N3O4S2/c1-15(29-17-8-4-2-5-9-17)21(26)23-16-12-13-19-20(14-16)30-22(24-19)25-31(27,28)18-10-6-3-7-11-18/h2-15H,1H3,(H,23,26)(H,24,25). The molecule has 1 atom stereocenters. The molecule has 4 aromatic rings. The van der Waals surface area contributed by atoms with Gasteiger partial charge in [-0.25, -0.2) is 13.4 Å². The minimum Gasteiger partial charge on any atom is -0.481 e. The van der Waals surface area contributed by atoms with Crippen LogP contribution < -0.4 is 14.8 Å². The molecule has 0 aliphatic carbocycles. The maximum Gasteiger partial charge on any atom is 0.265 e. The summed E-state index contributed by atoms with van der Waals surface area (Å²) < 4.78 is 33.9. The van der Waals surface area contributed by atoms with Crippen LogP contribution in [0.15, 0.2) is 83.8 Å². The molecular weight excluding hydrogens is 434 g/mol. The highest BCUT2D eigenvalue weighted by Gasteiger charge is 2.18. The molecule has 31 heavy (non-hydrogen) atoms. The predicted molar refractivity (Wildman–Crippen MR) is 122 cm³/mol. The molecule has 0 radical (unpaired) electrons. The van der Waals surface area contributed by atoms with Gasteiger partial charge in [0.25, 0.3) is 15.9 Å². The van der Waals surface area contributed by atoms with Gasteiger partial charge in [0.05, 0.1) is 15.1 Å². The molecule has 7 nitrogen and oxygen atoms in total. The molecule has 9 heteroatoms. The first-order valence-corrected chi connectivity index (χ1v) is 11.7. The average Bonchev–Trinajstić information content (AvgIpc) is 3.15. The molecule has 0 fully saturated rings. The van der Waals surface area contributed by atoms with Gasteiger partial charge in [0, 0.05) is 5.69 Å². The van der Waals surface area contributed by atoms with E-state index in [9.17, 15) is 13.2 Å². The Morgan fingerprint density at radius 2 is 1.68 bits per heavy atom. The normalized spacial score (nSPS) is 12.3. The lowest BCUT2D eigenvalue weighted by atomic mass is 10.2. The van der Waals surface area contributed by atoms with Gasteiger partial charge in [-0.15, -0.1) is 0 Å². The Morgan fingerprint density at radius 3 is 2.39 bits per heavy atom. The largest absolute Gasteiger partial charge is 0.481 e. The Morgan fingerprint density at radius 1 is 1.00 bits per heavy atom. The third-order valence-electron chi connectivity index (χ3n) is 4.36. The molecule has 0 aliphatic heterocycles. The number of hydrogen-bond donors (Lipinski definition) is 2. The SMILES string of the molecule is CC(Oc1ccccc1)C(=O)Nc1ccc2nc(NS(=O)(=O)c3ccccc3)sc2c1. The van der Waals surface area contributed by atoms with Crippen molar-refractivity contribution in [1.29, 1.82) is 0 Å². The second-order valence-electron chi connectivity index (χ2n) is 6.68. The summed E-state index contributed by atoms with van der Waals surface area (Å²) in [4.78, 5) is 16.9. The number of thiazole rings is 1. The lowest BCUT2D eigenvalue weighted by Gasteiger charge is -2.14. The number of carbonyl (C=O) groups is 1. The van der Waals surface area contributed by atoms with Crippen LogP contribution in [0.5, 0.6) is 5.75 Å². The number of para-hydroxylation sites is 1. The van der Waals surface area contributed by atoms with E-state index in [1.165, 1.54) is 23.5 Å². The number of hydrogen-bond acceptors (Lipinski definition) is 6. The van der Waals surface area contributed by atoms with E-state index in [1.807, 2.05) is 18.2 Å². The number of benzene rings is 3. The highest BCUT2D eigenvalue weighted by atomic mass is 32.2. The Hall–Kier alpha value is -3.43. The molecule has 1 amide bonds. The number of aromatic nitrogens is 1. The van der Waals surface area contributed by atoms with E-state index in [0.29, 0.717) is 17.0 Å². The highest BCUT2D eigenvalue weighted by molar-refractivity contribution is 7.93. The number of nitrogens with zero attached hydrogens (tertiary/aromatic N) is 1. The maximum atomic E-state index is 12.5. The van der Waals surface area contributed by atoms with Crippen molar-refractivity contribution in [2.45, 2.75) is 17.9 Å². The topological polar surface area (TPSA) is 97.4 Å². The van der Waals surface area contributed by atoms with Crippen LogP contribution in [0.2, 0.25) is 0 Å². The fourth-order valence-corrected chi connectivity index (χ4v) is 4.98. The summed E-state index contributed by atoms with van der Waals surface area (Å²) in [6.07, 6.45) is -0.687. The molecule has 0 saturated carbocycles. The number of fused-ring (bicyclic) bond motifs is 1. The summed E-state index contributed by atoms with van der Waals surface area (Å²) in [7, 11) is -3.72. The minimum atomic E-state index is -3.72. The monoisotopic (exact) mass is 453 g/mol.